The Balaban J connectivity index is 1.72. The Kier molecular flexibility index (Phi) is 4.26. The van der Waals surface area contributed by atoms with E-state index in [4.69, 9.17) is 21.1 Å². The number of allylic oxidation sites excluding steroid dienone is 3. The number of hydrogen-bond donors (Lipinski definition) is 0. The van der Waals surface area contributed by atoms with Crippen LogP contribution in [0.2, 0.25) is 0 Å². The molecule has 3 nitrogen and oxygen atoms in total. The Morgan fingerprint density at radius 3 is 2.59 bits per heavy atom. The number of ether oxygens (including phenoxy) is 2. The SMILES string of the molecule is O=C(/C=C/C(Cl)=C/c1ccccc1)c1ccc2c(c1)OCO2. The van der Waals surface area contributed by atoms with E-state index in [2.05, 4.69) is 0 Å². The second kappa shape index (κ2) is 6.50. The van der Waals surface area contributed by atoms with Crippen molar-refractivity contribution in [3.05, 3.63) is 76.8 Å². The van der Waals surface area contributed by atoms with Crippen molar-refractivity contribution in [3.8, 4) is 11.5 Å². The fraction of sp³-hybridized carbons (Fsp3) is 0.0556. The summed E-state index contributed by atoms with van der Waals surface area (Å²) in [6.45, 7) is 0.189. The highest BCUT2D eigenvalue weighted by molar-refractivity contribution is 6.33. The molecule has 1 aliphatic heterocycles. The van der Waals surface area contributed by atoms with Crippen LogP contribution < -0.4 is 9.47 Å². The van der Waals surface area contributed by atoms with E-state index in [0.717, 1.165) is 5.56 Å². The molecule has 0 amide bonds. The van der Waals surface area contributed by atoms with Crippen molar-refractivity contribution in [2.24, 2.45) is 0 Å². The first kappa shape index (κ1) is 14.4. The average molecular weight is 313 g/mol. The monoisotopic (exact) mass is 312 g/mol. The summed E-state index contributed by atoms with van der Waals surface area (Å²) in [6, 6.07) is 14.8. The average Bonchev–Trinajstić information content (AvgIpc) is 3.01. The maximum Gasteiger partial charge on any atom is 0.231 e. The summed E-state index contributed by atoms with van der Waals surface area (Å²) in [7, 11) is 0. The normalized spacial score (nSPS) is 13.6. The number of carbonyl (C=O) groups excluding carboxylic acids is 1. The fourth-order valence-corrected chi connectivity index (χ4v) is 2.25. The lowest BCUT2D eigenvalue weighted by Crippen LogP contribution is -1.94. The molecule has 0 spiro atoms. The van der Waals surface area contributed by atoms with Gasteiger partial charge in [-0.3, -0.25) is 4.79 Å². The van der Waals surface area contributed by atoms with Gasteiger partial charge >= 0.3 is 0 Å². The van der Waals surface area contributed by atoms with E-state index < -0.39 is 0 Å². The number of ketones is 1. The summed E-state index contributed by atoms with van der Waals surface area (Å²) in [6.07, 6.45) is 4.83. The number of hydrogen-bond acceptors (Lipinski definition) is 3. The van der Waals surface area contributed by atoms with Gasteiger partial charge in [0.25, 0.3) is 0 Å². The Labute approximate surface area is 133 Å². The lowest BCUT2D eigenvalue weighted by atomic mass is 10.1. The van der Waals surface area contributed by atoms with Gasteiger partial charge in [0.2, 0.25) is 6.79 Å². The van der Waals surface area contributed by atoms with Crippen LogP contribution in [0.25, 0.3) is 6.08 Å². The number of halogens is 1. The summed E-state index contributed by atoms with van der Waals surface area (Å²) >= 11 is 6.12. The van der Waals surface area contributed by atoms with Crippen molar-refractivity contribution in [3.63, 3.8) is 0 Å². The standard InChI is InChI=1S/C18H13ClO3/c19-15(10-13-4-2-1-3-5-13)7-8-16(20)14-6-9-17-18(11-14)22-12-21-17/h1-11H,12H2/b8-7+,15-10-. The smallest absolute Gasteiger partial charge is 0.231 e. The maximum absolute atomic E-state index is 12.1. The molecule has 3 rings (SSSR count). The molecule has 0 bridgehead atoms. The first-order valence-corrected chi connectivity index (χ1v) is 7.14. The quantitative estimate of drug-likeness (QED) is 0.476. The molecule has 1 aliphatic rings. The maximum atomic E-state index is 12.1. The topological polar surface area (TPSA) is 35.5 Å². The van der Waals surface area contributed by atoms with E-state index in [1.165, 1.54) is 6.08 Å². The Hall–Kier alpha value is -2.52. The minimum absolute atomic E-state index is 0.141. The molecule has 0 unspecified atom stereocenters. The van der Waals surface area contributed by atoms with Gasteiger partial charge in [0.15, 0.2) is 17.3 Å². The van der Waals surface area contributed by atoms with Crippen LogP contribution >= 0.6 is 11.6 Å². The van der Waals surface area contributed by atoms with Crippen molar-refractivity contribution < 1.29 is 14.3 Å². The molecule has 0 aliphatic carbocycles. The Morgan fingerprint density at radius 1 is 1.00 bits per heavy atom. The van der Waals surface area contributed by atoms with Crippen LogP contribution in [0.3, 0.4) is 0 Å². The van der Waals surface area contributed by atoms with Gasteiger partial charge < -0.3 is 9.47 Å². The molecule has 4 heteroatoms. The van der Waals surface area contributed by atoms with Crippen molar-refractivity contribution in [2.45, 2.75) is 0 Å². The Morgan fingerprint density at radius 2 is 1.77 bits per heavy atom. The molecule has 0 fully saturated rings. The van der Waals surface area contributed by atoms with Gasteiger partial charge in [0.05, 0.1) is 0 Å². The van der Waals surface area contributed by atoms with E-state index in [9.17, 15) is 4.79 Å². The molecule has 0 N–H and O–H groups in total. The predicted octanol–water partition coefficient (Wildman–Crippen LogP) is 4.43. The van der Waals surface area contributed by atoms with Crippen LogP contribution in [0, 0.1) is 0 Å². The van der Waals surface area contributed by atoms with Crippen molar-refractivity contribution in [1.82, 2.24) is 0 Å². The molecule has 0 saturated carbocycles. The Bertz CT molecular complexity index is 748. The second-order valence-electron chi connectivity index (χ2n) is 4.71. The molecule has 0 atom stereocenters. The molecule has 2 aromatic carbocycles. The number of benzene rings is 2. The van der Waals surface area contributed by atoms with Gasteiger partial charge in [-0.05, 0) is 42.0 Å². The fourth-order valence-electron chi connectivity index (χ4n) is 2.06. The van der Waals surface area contributed by atoms with E-state index in [-0.39, 0.29) is 12.6 Å². The number of carbonyl (C=O) groups is 1. The van der Waals surface area contributed by atoms with Crippen molar-refractivity contribution in [1.29, 1.82) is 0 Å². The van der Waals surface area contributed by atoms with Crippen LogP contribution in [0.15, 0.2) is 65.7 Å². The molecule has 0 radical (unpaired) electrons. The molecule has 110 valence electrons. The van der Waals surface area contributed by atoms with Gasteiger partial charge in [0.1, 0.15) is 0 Å². The molecule has 2 aromatic rings. The van der Waals surface area contributed by atoms with Gasteiger partial charge in [-0.15, -0.1) is 0 Å². The molecule has 0 saturated heterocycles. The highest BCUT2D eigenvalue weighted by Crippen LogP contribution is 2.32. The lowest BCUT2D eigenvalue weighted by molar-refractivity contribution is 0.104. The van der Waals surface area contributed by atoms with Crippen molar-refractivity contribution >= 4 is 23.5 Å². The van der Waals surface area contributed by atoms with Gasteiger partial charge in [0, 0.05) is 10.6 Å². The predicted molar refractivity (Wildman–Crippen MR) is 86.3 cm³/mol. The van der Waals surface area contributed by atoms with Crippen molar-refractivity contribution in [2.75, 3.05) is 6.79 Å². The van der Waals surface area contributed by atoms with E-state index in [0.29, 0.717) is 22.1 Å². The first-order valence-electron chi connectivity index (χ1n) is 6.77. The van der Waals surface area contributed by atoms with E-state index >= 15 is 0 Å². The summed E-state index contributed by atoms with van der Waals surface area (Å²) in [5, 5.41) is 0.486. The van der Waals surface area contributed by atoms with Crippen LogP contribution in [0.1, 0.15) is 15.9 Å². The summed E-state index contributed by atoms with van der Waals surface area (Å²) in [5.41, 5.74) is 1.51. The molecule has 0 aromatic heterocycles. The third kappa shape index (κ3) is 3.38. The van der Waals surface area contributed by atoms with Gasteiger partial charge in [-0.2, -0.15) is 0 Å². The zero-order valence-corrected chi connectivity index (χ0v) is 12.4. The van der Waals surface area contributed by atoms with Gasteiger partial charge in [-0.25, -0.2) is 0 Å². The molecular weight excluding hydrogens is 300 g/mol. The highest BCUT2D eigenvalue weighted by Gasteiger charge is 2.14. The summed E-state index contributed by atoms with van der Waals surface area (Å²) < 4.78 is 10.5. The molecule has 22 heavy (non-hydrogen) atoms. The van der Waals surface area contributed by atoms with Crippen LogP contribution in [-0.2, 0) is 0 Å². The zero-order chi connectivity index (χ0) is 15.4. The molecule has 1 heterocycles. The summed E-state index contributed by atoms with van der Waals surface area (Å²) in [4.78, 5) is 12.1. The third-order valence-electron chi connectivity index (χ3n) is 3.16. The van der Waals surface area contributed by atoms with Crippen LogP contribution in [0.5, 0.6) is 11.5 Å². The van der Waals surface area contributed by atoms with Crippen LogP contribution in [-0.4, -0.2) is 12.6 Å². The minimum Gasteiger partial charge on any atom is -0.454 e. The number of fused-ring (bicyclic) bond motifs is 1. The lowest BCUT2D eigenvalue weighted by Gasteiger charge is -1.99. The van der Waals surface area contributed by atoms with Crippen LogP contribution in [0.4, 0.5) is 0 Å². The third-order valence-corrected chi connectivity index (χ3v) is 3.39. The highest BCUT2D eigenvalue weighted by atomic mass is 35.5. The largest absolute Gasteiger partial charge is 0.454 e. The van der Waals surface area contributed by atoms with E-state index in [1.807, 2.05) is 30.3 Å². The zero-order valence-electron chi connectivity index (χ0n) is 11.7. The first-order chi connectivity index (χ1) is 10.7. The number of rotatable bonds is 4. The second-order valence-corrected chi connectivity index (χ2v) is 5.14. The molecular formula is C18H13ClO3. The minimum atomic E-state index is -0.141. The summed E-state index contributed by atoms with van der Waals surface area (Å²) in [5.74, 6) is 1.10. The van der Waals surface area contributed by atoms with E-state index in [1.54, 1.807) is 30.4 Å². The van der Waals surface area contributed by atoms with Gasteiger partial charge in [-0.1, -0.05) is 41.9 Å².